The van der Waals surface area contributed by atoms with Gasteiger partial charge in [-0.25, -0.2) is 0 Å². The van der Waals surface area contributed by atoms with Gasteiger partial charge in [-0.15, -0.1) is 0 Å². The van der Waals surface area contributed by atoms with E-state index in [0.29, 0.717) is 11.5 Å². The predicted octanol–water partition coefficient (Wildman–Crippen LogP) is 3.03. The Morgan fingerprint density at radius 2 is 2.24 bits per heavy atom. The minimum Gasteiger partial charge on any atom is -0.384 e. The van der Waals surface area contributed by atoms with Gasteiger partial charge in [-0.3, -0.25) is 4.98 Å². The Bertz CT molecular complexity index is 455. The number of aryl methyl sites for hydroxylation is 2. The number of nitrogens with one attached hydrogen (secondary N) is 1. The van der Waals surface area contributed by atoms with Crippen LogP contribution in [0.25, 0.3) is 0 Å². The van der Waals surface area contributed by atoms with Crippen LogP contribution in [0.2, 0.25) is 0 Å². The van der Waals surface area contributed by atoms with Gasteiger partial charge in [0.05, 0.1) is 16.9 Å². The fourth-order valence-corrected chi connectivity index (χ4v) is 2.21. The molecule has 0 amide bonds. The Morgan fingerprint density at radius 3 is 2.82 bits per heavy atom. The minimum absolute atomic E-state index is 0.679. The van der Waals surface area contributed by atoms with Gasteiger partial charge in [0.15, 0.2) is 0 Å². The average molecular weight is 229 g/mol. The quantitative estimate of drug-likeness (QED) is 0.863. The lowest BCUT2D eigenvalue weighted by Crippen LogP contribution is -2.14. The van der Waals surface area contributed by atoms with E-state index < -0.39 is 0 Å². The zero-order valence-electron chi connectivity index (χ0n) is 10.7. The maximum Gasteiger partial charge on any atom is 0.103 e. The first-order valence-corrected chi connectivity index (χ1v) is 6.24. The second-order valence-corrected chi connectivity index (χ2v) is 5.08. The summed E-state index contributed by atoms with van der Waals surface area (Å²) in [5.74, 6) is 1.58. The van der Waals surface area contributed by atoms with Crippen LogP contribution in [-0.4, -0.2) is 11.5 Å². The van der Waals surface area contributed by atoms with E-state index in [1.165, 1.54) is 12.8 Å². The van der Waals surface area contributed by atoms with Crippen molar-refractivity contribution in [1.29, 1.82) is 5.26 Å². The molecule has 90 valence electrons. The Morgan fingerprint density at radius 1 is 1.53 bits per heavy atom. The largest absolute Gasteiger partial charge is 0.384 e. The molecule has 0 aromatic carbocycles. The highest BCUT2D eigenvalue weighted by Gasteiger charge is 2.27. The van der Waals surface area contributed by atoms with Gasteiger partial charge in [-0.05, 0) is 44.6 Å². The van der Waals surface area contributed by atoms with Crippen LogP contribution in [-0.2, 0) is 0 Å². The van der Waals surface area contributed by atoms with Gasteiger partial charge in [-0.1, -0.05) is 6.92 Å². The monoisotopic (exact) mass is 229 g/mol. The third-order valence-corrected chi connectivity index (χ3v) is 3.48. The lowest BCUT2D eigenvalue weighted by atomic mass is 10.1. The van der Waals surface area contributed by atoms with E-state index in [1.807, 2.05) is 19.9 Å². The molecule has 0 radical (unpaired) electrons. The van der Waals surface area contributed by atoms with Crippen molar-refractivity contribution in [1.82, 2.24) is 4.98 Å². The van der Waals surface area contributed by atoms with E-state index in [0.717, 1.165) is 29.5 Å². The second-order valence-electron chi connectivity index (χ2n) is 5.08. The number of hydrogen-bond acceptors (Lipinski definition) is 3. The summed E-state index contributed by atoms with van der Waals surface area (Å²) in [6, 6.07) is 4.20. The number of hydrogen-bond donors (Lipinski definition) is 1. The first-order valence-electron chi connectivity index (χ1n) is 6.24. The molecule has 1 N–H and O–H groups in total. The Balaban J connectivity index is 2.11. The number of nitriles is 1. The molecule has 1 aliphatic carbocycles. The standard InChI is InChI=1S/C14H19N3/c1-9(12-4-5-12)8-16-14-6-10(2)17-11(3)13(14)7-15/h6,9,12H,4-5,8H2,1-3H3,(H,16,17). The highest BCUT2D eigenvalue weighted by Crippen LogP contribution is 2.36. The molecule has 1 atom stereocenters. The maximum atomic E-state index is 9.15. The summed E-state index contributed by atoms with van der Waals surface area (Å²) in [6.45, 7) is 7.07. The SMILES string of the molecule is Cc1cc(NCC(C)C2CC2)c(C#N)c(C)n1. The molecule has 1 aromatic heterocycles. The van der Waals surface area contributed by atoms with Crippen LogP contribution in [0.3, 0.4) is 0 Å². The molecule has 1 saturated carbocycles. The number of aromatic nitrogens is 1. The molecule has 0 aliphatic heterocycles. The Kier molecular flexibility index (Phi) is 3.33. The summed E-state index contributed by atoms with van der Waals surface area (Å²) in [6.07, 6.45) is 2.73. The molecule has 3 nitrogen and oxygen atoms in total. The molecule has 17 heavy (non-hydrogen) atoms. The average Bonchev–Trinajstić information content (AvgIpc) is 3.08. The highest BCUT2D eigenvalue weighted by atomic mass is 14.9. The van der Waals surface area contributed by atoms with Crippen LogP contribution < -0.4 is 5.32 Å². The van der Waals surface area contributed by atoms with E-state index >= 15 is 0 Å². The molecular formula is C14H19N3. The van der Waals surface area contributed by atoms with Crippen molar-refractivity contribution in [2.45, 2.75) is 33.6 Å². The lowest BCUT2D eigenvalue weighted by Gasteiger charge is -2.14. The van der Waals surface area contributed by atoms with Gasteiger partial charge in [0.2, 0.25) is 0 Å². The molecule has 3 heteroatoms. The first-order chi connectivity index (χ1) is 8.11. The topological polar surface area (TPSA) is 48.7 Å². The second kappa shape index (κ2) is 4.75. The summed E-state index contributed by atoms with van der Waals surface area (Å²) < 4.78 is 0. The van der Waals surface area contributed by atoms with Crippen LogP contribution in [0.5, 0.6) is 0 Å². The van der Waals surface area contributed by atoms with Gasteiger partial charge in [0.1, 0.15) is 6.07 Å². The molecule has 1 heterocycles. The van der Waals surface area contributed by atoms with Crippen molar-refractivity contribution in [3.8, 4) is 6.07 Å². The molecular weight excluding hydrogens is 210 g/mol. The van der Waals surface area contributed by atoms with Crippen molar-refractivity contribution in [3.05, 3.63) is 23.0 Å². The van der Waals surface area contributed by atoms with Crippen LogP contribution in [0.1, 0.15) is 36.7 Å². The molecule has 1 fully saturated rings. The molecule has 0 spiro atoms. The molecule has 2 rings (SSSR count). The van der Waals surface area contributed by atoms with Crippen molar-refractivity contribution < 1.29 is 0 Å². The maximum absolute atomic E-state index is 9.15. The summed E-state index contributed by atoms with van der Waals surface area (Å²) >= 11 is 0. The summed E-state index contributed by atoms with van der Waals surface area (Å²) in [7, 11) is 0. The zero-order chi connectivity index (χ0) is 12.4. The normalized spacial score (nSPS) is 16.4. The van der Waals surface area contributed by atoms with E-state index in [9.17, 15) is 0 Å². The number of nitrogens with zero attached hydrogens (tertiary/aromatic N) is 2. The number of rotatable bonds is 4. The Hall–Kier alpha value is -1.56. The lowest BCUT2D eigenvalue weighted by molar-refractivity contribution is 0.536. The van der Waals surface area contributed by atoms with E-state index in [-0.39, 0.29) is 0 Å². The number of anilines is 1. The van der Waals surface area contributed by atoms with Crippen LogP contribution in [0.15, 0.2) is 6.07 Å². The van der Waals surface area contributed by atoms with Gasteiger partial charge in [0.25, 0.3) is 0 Å². The first kappa shape index (κ1) is 11.9. The van der Waals surface area contributed by atoms with Crippen molar-refractivity contribution in [2.75, 3.05) is 11.9 Å². The molecule has 1 aliphatic rings. The van der Waals surface area contributed by atoms with Gasteiger partial charge in [-0.2, -0.15) is 5.26 Å². The van der Waals surface area contributed by atoms with Crippen molar-refractivity contribution >= 4 is 5.69 Å². The van der Waals surface area contributed by atoms with E-state index in [1.54, 1.807) is 0 Å². The summed E-state index contributed by atoms with van der Waals surface area (Å²) in [5, 5.41) is 12.6. The fraction of sp³-hybridized carbons (Fsp3) is 0.571. The van der Waals surface area contributed by atoms with Crippen LogP contribution in [0.4, 0.5) is 5.69 Å². The van der Waals surface area contributed by atoms with E-state index in [4.69, 9.17) is 5.26 Å². The molecule has 1 unspecified atom stereocenters. The smallest absolute Gasteiger partial charge is 0.103 e. The Labute approximate surface area is 103 Å². The molecule has 1 aromatic rings. The molecule has 0 saturated heterocycles. The van der Waals surface area contributed by atoms with Gasteiger partial charge < -0.3 is 5.32 Å². The van der Waals surface area contributed by atoms with Gasteiger partial charge >= 0.3 is 0 Å². The summed E-state index contributed by atoms with van der Waals surface area (Å²) in [4.78, 5) is 4.32. The predicted molar refractivity (Wildman–Crippen MR) is 68.8 cm³/mol. The van der Waals surface area contributed by atoms with Crippen LogP contribution >= 0.6 is 0 Å². The summed E-state index contributed by atoms with van der Waals surface area (Å²) in [5.41, 5.74) is 3.39. The van der Waals surface area contributed by atoms with Crippen molar-refractivity contribution in [2.24, 2.45) is 11.8 Å². The zero-order valence-corrected chi connectivity index (χ0v) is 10.7. The van der Waals surface area contributed by atoms with Gasteiger partial charge in [0, 0.05) is 12.2 Å². The highest BCUT2D eigenvalue weighted by molar-refractivity contribution is 5.59. The molecule has 0 bridgehead atoms. The number of pyridine rings is 1. The third kappa shape index (κ3) is 2.76. The van der Waals surface area contributed by atoms with Crippen molar-refractivity contribution in [3.63, 3.8) is 0 Å². The van der Waals surface area contributed by atoms with E-state index in [2.05, 4.69) is 23.3 Å². The van der Waals surface area contributed by atoms with Crippen LogP contribution in [0, 0.1) is 37.0 Å². The third-order valence-electron chi connectivity index (χ3n) is 3.48. The minimum atomic E-state index is 0.679. The fourth-order valence-electron chi connectivity index (χ4n) is 2.21.